The van der Waals surface area contributed by atoms with Gasteiger partial charge in [-0.2, -0.15) is 0 Å². The summed E-state index contributed by atoms with van der Waals surface area (Å²) in [7, 11) is 4.20. The first-order chi connectivity index (χ1) is 10.6. The molecule has 0 N–H and O–H groups in total. The second-order valence-corrected chi connectivity index (χ2v) is 6.34. The molecule has 1 aliphatic rings. The SMILES string of the molecule is C/C=C(\C=N/C(C)N1CCCC1)c1cccc(CN(C)C)c1. The number of allylic oxidation sites excluding steroid dienone is 2. The Labute approximate surface area is 135 Å². The molecule has 1 saturated heterocycles. The van der Waals surface area contributed by atoms with Crippen LogP contribution in [0.25, 0.3) is 5.57 Å². The van der Waals surface area contributed by atoms with Crippen molar-refractivity contribution < 1.29 is 0 Å². The van der Waals surface area contributed by atoms with Gasteiger partial charge in [-0.25, -0.2) is 0 Å². The minimum Gasteiger partial charge on any atom is -0.305 e. The first-order valence-corrected chi connectivity index (χ1v) is 8.27. The highest BCUT2D eigenvalue weighted by molar-refractivity contribution is 6.09. The Bertz CT molecular complexity index is 525. The molecule has 0 amide bonds. The summed E-state index contributed by atoms with van der Waals surface area (Å²) in [5, 5.41) is 0. The summed E-state index contributed by atoms with van der Waals surface area (Å²) < 4.78 is 0. The van der Waals surface area contributed by atoms with E-state index in [9.17, 15) is 0 Å². The molecule has 1 aromatic carbocycles. The highest BCUT2D eigenvalue weighted by Gasteiger charge is 2.16. The number of benzene rings is 1. The summed E-state index contributed by atoms with van der Waals surface area (Å²) in [5.41, 5.74) is 3.79. The summed E-state index contributed by atoms with van der Waals surface area (Å²) in [6, 6.07) is 8.75. The highest BCUT2D eigenvalue weighted by atomic mass is 15.2. The molecule has 22 heavy (non-hydrogen) atoms. The monoisotopic (exact) mass is 299 g/mol. The topological polar surface area (TPSA) is 18.8 Å². The Morgan fingerprint density at radius 1 is 1.32 bits per heavy atom. The summed E-state index contributed by atoms with van der Waals surface area (Å²) in [6.45, 7) is 7.61. The quantitative estimate of drug-likeness (QED) is 0.747. The standard InChI is InChI=1S/C19H29N3/c1-5-18(14-20-16(2)22-11-6-7-12-22)19-10-8-9-17(13-19)15-21(3)4/h5,8-10,13-14,16H,6-7,11-12,15H2,1-4H3/b18-5+,20-14-. The predicted molar refractivity (Wildman–Crippen MR) is 96.2 cm³/mol. The largest absolute Gasteiger partial charge is 0.305 e. The van der Waals surface area contributed by atoms with E-state index in [1.807, 2.05) is 6.21 Å². The van der Waals surface area contributed by atoms with Gasteiger partial charge in [0.15, 0.2) is 0 Å². The van der Waals surface area contributed by atoms with Gasteiger partial charge >= 0.3 is 0 Å². The Hall–Kier alpha value is -1.45. The zero-order chi connectivity index (χ0) is 15.9. The molecule has 0 aromatic heterocycles. The van der Waals surface area contributed by atoms with Crippen molar-refractivity contribution in [2.45, 2.75) is 39.4 Å². The molecule has 3 heteroatoms. The molecule has 1 heterocycles. The maximum atomic E-state index is 4.77. The third kappa shape index (κ3) is 4.79. The van der Waals surface area contributed by atoms with Crippen LogP contribution in [0.2, 0.25) is 0 Å². The van der Waals surface area contributed by atoms with Crippen molar-refractivity contribution in [2.24, 2.45) is 4.99 Å². The number of hydrogen-bond donors (Lipinski definition) is 0. The first kappa shape index (κ1) is 16.9. The van der Waals surface area contributed by atoms with E-state index in [1.165, 1.54) is 42.6 Å². The summed E-state index contributed by atoms with van der Waals surface area (Å²) in [6.07, 6.45) is 7.08. The fraction of sp³-hybridized carbons (Fsp3) is 0.526. The molecular weight excluding hydrogens is 270 g/mol. The molecule has 120 valence electrons. The summed E-state index contributed by atoms with van der Waals surface area (Å²) in [5.74, 6) is 0. The van der Waals surface area contributed by atoms with Gasteiger partial charge in [0, 0.05) is 25.8 Å². The second-order valence-electron chi connectivity index (χ2n) is 6.34. The van der Waals surface area contributed by atoms with Gasteiger partial charge in [-0.1, -0.05) is 24.3 Å². The molecule has 1 unspecified atom stereocenters. The van der Waals surface area contributed by atoms with E-state index in [2.05, 4.69) is 68.1 Å². The van der Waals surface area contributed by atoms with Crippen molar-refractivity contribution in [3.63, 3.8) is 0 Å². The Kier molecular flexibility index (Phi) is 6.34. The number of likely N-dealkylation sites (tertiary alicyclic amines) is 1. The van der Waals surface area contributed by atoms with Crippen LogP contribution >= 0.6 is 0 Å². The van der Waals surface area contributed by atoms with Crippen LogP contribution in [0.3, 0.4) is 0 Å². The van der Waals surface area contributed by atoms with Crippen LogP contribution in [0, 0.1) is 0 Å². The van der Waals surface area contributed by atoms with Crippen molar-refractivity contribution in [2.75, 3.05) is 27.2 Å². The molecule has 0 spiro atoms. The lowest BCUT2D eigenvalue weighted by Crippen LogP contribution is -2.28. The van der Waals surface area contributed by atoms with E-state index in [1.54, 1.807) is 0 Å². The molecule has 0 saturated carbocycles. The molecule has 0 bridgehead atoms. The fourth-order valence-electron chi connectivity index (χ4n) is 2.93. The molecular formula is C19H29N3. The summed E-state index contributed by atoms with van der Waals surface area (Å²) >= 11 is 0. The summed E-state index contributed by atoms with van der Waals surface area (Å²) in [4.78, 5) is 9.41. The van der Waals surface area contributed by atoms with E-state index >= 15 is 0 Å². The maximum absolute atomic E-state index is 4.77. The van der Waals surface area contributed by atoms with Crippen molar-refractivity contribution in [3.8, 4) is 0 Å². The Morgan fingerprint density at radius 3 is 2.68 bits per heavy atom. The van der Waals surface area contributed by atoms with E-state index in [4.69, 9.17) is 4.99 Å². The van der Waals surface area contributed by atoms with Gasteiger partial charge in [-0.15, -0.1) is 0 Å². The smallest absolute Gasteiger partial charge is 0.0990 e. The minimum atomic E-state index is 0.280. The van der Waals surface area contributed by atoms with Crippen LogP contribution in [0.15, 0.2) is 35.3 Å². The zero-order valence-electron chi connectivity index (χ0n) is 14.4. The van der Waals surface area contributed by atoms with E-state index in [0.717, 1.165) is 6.54 Å². The van der Waals surface area contributed by atoms with E-state index in [-0.39, 0.29) is 6.17 Å². The number of rotatable bonds is 6. The zero-order valence-corrected chi connectivity index (χ0v) is 14.4. The molecule has 1 aromatic rings. The van der Waals surface area contributed by atoms with E-state index < -0.39 is 0 Å². The van der Waals surface area contributed by atoms with Crippen LogP contribution in [0.5, 0.6) is 0 Å². The van der Waals surface area contributed by atoms with Crippen molar-refractivity contribution in [1.29, 1.82) is 0 Å². The average molecular weight is 299 g/mol. The van der Waals surface area contributed by atoms with Gasteiger partial charge in [0.1, 0.15) is 0 Å². The molecule has 0 aliphatic carbocycles. The average Bonchev–Trinajstić information content (AvgIpc) is 3.01. The minimum absolute atomic E-state index is 0.280. The Balaban J connectivity index is 2.07. The molecule has 0 radical (unpaired) electrons. The molecule has 3 nitrogen and oxygen atoms in total. The van der Waals surface area contributed by atoms with Gasteiger partial charge in [0.05, 0.1) is 6.17 Å². The Morgan fingerprint density at radius 2 is 2.05 bits per heavy atom. The van der Waals surface area contributed by atoms with Crippen molar-refractivity contribution in [1.82, 2.24) is 9.80 Å². The van der Waals surface area contributed by atoms with Crippen LogP contribution in [0.4, 0.5) is 0 Å². The lowest BCUT2D eigenvalue weighted by molar-refractivity contribution is 0.268. The molecule has 1 atom stereocenters. The van der Waals surface area contributed by atoms with Gasteiger partial charge < -0.3 is 4.90 Å². The van der Waals surface area contributed by atoms with Gasteiger partial charge in [-0.05, 0) is 63.6 Å². The number of hydrogen-bond acceptors (Lipinski definition) is 3. The fourth-order valence-corrected chi connectivity index (χ4v) is 2.93. The van der Waals surface area contributed by atoms with Crippen molar-refractivity contribution >= 4 is 11.8 Å². The van der Waals surface area contributed by atoms with Crippen LogP contribution in [-0.2, 0) is 6.54 Å². The first-order valence-electron chi connectivity index (χ1n) is 8.27. The van der Waals surface area contributed by atoms with Crippen LogP contribution in [-0.4, -0.2) is 49.4 Å². The lowest BCUT2D eigenvalue weighted by atomic mass is 10.0. The number of aliphatic imine (C=N–C) groups is 1. The third-order valence-corrected chi connectivity index (χ3v) is 4.17. The third-order valence-electron chi connectivity index (χ3n) is 4.17. The van der Waals surface area contributed by atoms with Crippen LogP contribution < -0.4 is 0 Å². The lowest BCUT2D eigenvalue weighted by Gasteiger charge is -2.19. The van der Waals surface area contributed by atoms with Gasteiger partial charge in [0.2, 0.25) is 0 Å². The second kappa shape index (κ2) is 8.25. The van der Waals surface area contributed by atoms with Gasteiger partial charge in [0.25, 0.3) is 0 Å². The van der Waals surface area contributed by atoms with E-state index in [0.29, 0.717) is 0 Å². The molecule has 1 aliphatic heterocycles. The molecule has 2 rings (SSSR count). The van der Waals surface area contributed by atoms with Crippen LogP contribution in [0.1, 0.15) is 37.8 Å². The predicted octanol–water partition coefficient (Wildman–Crippen LogP) is 3.66. The van der Waals surface area contributed by atoms with Gasteiger partial charge in [-0.3, -0.25) is 9.89 Å². The number of nitrogens with zero attached hydrogens (tertiary/aromatic N) is 3. The molecule has 1 fully saturated rings. The normalized spacial score (nSPS) is 18.5. The van der Waals surface area contributed by atoms with Crippen molar-refractivity contribution in [3.05, 3.63) is 41.5 Å². The maximum Gasteiger partial charge on any atom is 0.0990 e. The highest BCUT2D eigenvalue weighted by Crippen LogP contribution is 2.17.